The smallest absolute Gasteiger partial charge is 0.150 e. The zero-order valence-electron chi connectivity index (χ0n) is 7.46. The van der Waals surface area contributed by atoms with Crippen LogP contribution in [0, 0.1) is 5.82 Å². The molecule has 0 aliphatic carbocycles. The Hall–Kier alpha value is -1.53. The maximum Gasteiger partial charge on any atom is 0.150 e. The van der Waals surface area contributed by atoms with E-state index in [1.807, 2.05) is 0 Å². The minimum Gasteiger partial charge on any atom is -0.768 e. The minimum absolute atomic E-state index is 0.0802. The van der Waals surface area contributed by atoms with Gasteiger partial charge in [-0.1, -0.05) is 0 Å². The highest BCUT2D eigenvalue weighted by atomic mass is 32.2. The molecule has 0 saturated carbocycles. The zero-order chi connectivity index (χ0) is 10.8. The van der Waals surface area contributed by atoms with Gasteiger partial charge in [0.05, 0.1) is 0 Å². The first kappa shape index (κ1) is 10.0. The van der Waals surface area contributed by atoms with E-state index in [1.54, 1.807) is 12.3 Å². The number of benzene rings is 1. The van der Waals surface area contributed by atoms with Gasteiger partial charge in [0.15, 0.2) is 0 Å². The van der Waals surface area contributed by atoms with Crippen LogP contribution in [0.1, 0.15) is 0 Å². The Labute approximate surface area is 87.6 Å². The summed E-state index contributed by atoms with van der Waals surface area (Å²) in [4.78, 5) is -0.0802. The lowest BCUT2D eigenvalue weighted by molar-refractivity contribution is 0.534. The van der Waals surface area contributed by atoms with Crippen LogP contribution < -0.4 is 0 Å². The van der Waals surface area contributed by atoms with Gasteiger partial charge in [-0.15, -0.1) is 0 Å². The summed E-state index contributed by atoms with van der Waals surface area (Å²) < 4.78 is 35.9. The van der Waals surface area contributed by atoms with Crippen molar-refractivity contribution in [3.63, 3.8) is 0 Å². The van der Waals surface area contributed by atoms with Crippen molar-refractivity contribution >= 4 is 11.1 Å². The van der Waals surface area contributed by atoms with Crippen LogP contribution in [0.2, 0.25) is 0 Å². The number of hydrogen-bond acceptors (Lipinski definition) is 3. The van der Waals surface area contributed by atoms with E-state index in [1.165, 1.54) is 23.0 Å². The van der Waals surface area contributed by atoms with Gasteiger partial charge in [0.25, 0.3) is 0 Å². The molecule has 0 radical (unpaired) electrons. The van der Waals surface area contributed by atoms with E-state index in [9.17, 15) is 13.2 Å². The van der Waals surface area contributed by atoms with Gasteiger partial charge in [0.2, 0.25) is 0 Å². The zero-order valence-corrected chi connectivity index (χ0v) is 8.28. The van der Waals surface area contributed by atoms with Crippen LogP contribution in [-0.4, -0.2) is 18.5 Å². The normalized spacial score (nSPS) is 12.7. The summed E-state index contributed by atoms with van der Waals surface area (Å²) >= 11 is -2.41. The summed E-state index contributed by atoms with van der Waals surface area (Å²) in [5.41, 5.74) is 0.217. The predicted molar refractivity (Wildman–Crippen MR) is 50.7 cm³/mol. The van der Waals surface area contributed by atoms with Crippen LogP contribution in [0.15, 0.2) is 41.6 Å². The summed E-state index contributed by atoms with van der Waals surface area (Å²) in [7, 11) is 0. The molecule has 0 aliphatic rings. The van der Waals surface area contributed by atoms with Crippen LogP contribution in [0.25, 0.3) is 5.69 Å². The SMILES string of the molecule is O=S([O-])c1ccc(-n2cccn2)c(F)c1. The lowest BCUT2D eigenvalue weighted by atomic mass is 10.3. The minimum atomic E-state index is -2.41. The number of nitrogens with zero attached hydrogens (tertiary/aromatic N) is 2. The van der Waals surface area contributed by atoms with E-state index in [0.29, 0.717) is 0 Å². The Morgan fingerprint density at radius 2 is 2.27 bits per heavy atom. The third-order valence-electron chi connectivity index (χ3n) is 1.86. The molecule has 1 unspecified atom stereocenters. The van der Waals surface area contributed by atoms with E-state index < -0.39 is 16.9 Å². The van der Waals surface area contributed by atoms with Crippen molar-refractivity contribution in [3.8, 4) is 5.69 Å². The van der Waals surface area contributed by atoms with E-state index >= 15 is 0 Å². The predicted octanol–water partition coefficient (Wildman–Crippen LogP) is 1.25. The van der Waals surface area contributed by atoms with Crippen LogP contribution in [0.3, 0.4) is 0 Å². The summed E-state index contributed by atoms with van der Waals surface area (Å²) in [6.45, 7) is 0. The first-order valence-corrected chi connectivity index (χ1v) is 5.15. The number of rotatable bonds is 2. The molecule has 1 heterocycles. The molecule has 0 saturated heterocycles. The number of hydrogen-bond donors (Lipinski definition) is 0. The number of halogens is 1. The fourth-order valence-corrected chi connectivity index (χ4v) is 1.57. The van der Waals surface area contributed by atoms with Crippen molar-refractivity contribution in [2.75, 3.05) is 0 Å². The van der Waals surface area contributed by atoms with E-state index in [0.717, 1.165) is 6.07 Å². The molecule has 1 atom stereocenters. The summed E-state index contributed by atoms with van der Waals surface area (Å²) in [6.07, 6.45) is 3.09. The summed E-state index contributed by atoms with van der Waals surface area (Å²) in [6, 6.07) is 5.30. The molecular weight excluding hydrogens is 219 g/mol. The van der Waals surface area contributed by atoms with Gasteiger partial charge in [0.1, 0.15) is 11.5 Å². The Balaban J connectivity index is 2.48. The first-order valence-electron chi connectivity index (χ1n) is 4.07. The second-order valence-corrected chi connectivity index (χ2v) is 3.74. The molecule has 15 heavy (non-hydrogen) atoms. The quantitative estimate of drug-likeness (QED) is 0.723. The second-order valence-electron chi connectivity index (χ2n) is 2.80. The topological polar surface area (TPSA) is 57.9 Å². The average Bonchev–Trinajstić information content (AvgIpc) is 2.70. The Bertz CT molecular complexity index is 499. The molecule has 1 aromatic carbocycles. The van der Waals surface area contributed by atoms with Crippen molar-refractivity contribution in [2.45, 2.75) is 4.90 Å². The van der Waals surface area contributed by atoms with Gasteiger partial charge in [-0.25, -0.2) is 9.07 Å². The molecule has 0 aliphatic heterocycles. The standard InChI is InChI=1S/C9H7FN2O2S/c10-8-6-7(15(13)14)2-3-9(8)12-5-1-4-11-12/h1-6H,(H,13,14)/p-1. The van der Waals surface area contributed by atoms with Gasteiger partial charge in [-0.2, -0.15) is 5.10 Å². The molecule has 0 N–H and O–H groups in total. The Morgan fingerprint density at radius 1 is 1.47 bits per heavy atom. The van der Waals surface area contributed by atoms with Crippen LogP contribution in [-0.2, 0) is 11.1 Å². The van der Waals surface area contributed by atoms with E-state index in [2.05, 4.69) is 5.10 Å². The van der Waals surface area contributed by atoms with Crippen LogP contribution >= 0.6 is 0 Å². The fourth-order valence-electron chi connectivity index (χ4n) is 1.19. The van der Waals surface area contributed by atoms with Crippen molar-refractivity contribution < 1.29 is 13.2 Å². The maximum absolute atomic E-state index is 13.4. The molecule has 4 nitrogen and oxygen atoms in total. The number of aromatic nitrogens is 2. The largest absolute Gasteiger partial charge is 0.768 e. The molecule has 78 valence electrons. The van der Waals surface area contributed by atoms with Gasteiger partial charge >= 0.3 is 0 Å². The third kappa shape index (κ3) is 1.95. The van der Waals surface area contributed by atoms with Crippen LogP contribution in [0.4, 0.5) is 4.39 Å². The van der Waals surface area contributed by atoms with Crippen molar-refractivity contribution in [3.05, 3.63) is 42.5 Å². The Morgan fingerprint density at radius 3 is 2.80 bits per heavy atom. The van der Waals surface area contributed by atoms with Crippen LogP contribution in [0.5, 0.6) is 0 Å². The molecule has 0 amide bonds. The molecule has 0 fully saturated rings. The van der Waals surface area contributed by atoms with Gasteiger partial charge < -0.3 is 4.55 Å². The molecule has 2 aromatic rings. The Kier molecular flexibility index (Phi) is 2.61. The molecule has 6 heteroatoms. The highest BCUT2D eigenvalue weighted by Crippen LogP contribution is 2.15. The van der Waals surface area contributed by atoms with Gasteiger partial charge in [-0.05, 0) is 35.3 Å². The second kappa shape index (κ2) is 3.92. The van der Waals surface area contributed by atoms with E-state index in [-0.39, 0.29) is 10.6 Å². The van der Waals surface area contributed by atoms with E-state index in [4.69, 9.17) is 0 Å². The van der Waals surface area contributed by atoms with Crippen molar-refractivity contribution in [1.29, 1.82) is 0 Å². The highest BCUT2D eigenvalue weighted by molar-refractivity contribution is 7.79. The monoisotopic (exact) mass is 225 g/mol. The molecule has 0 bridgehead atoms. The van der Waals surface area contributed by atoms with Gasteiger partial charge in [-0.3, -0.25) is 4.21 Å². The maximum atomic E-state index is 13.4. The summed E-state index contributed by atoms with van der Waals surface area (Å²) in [5.74, 6) is -0.625. The van der Waals surface area contributed by atoms with Crippen molar-refractivity contribution in [2.24, 2.45) is 0 Å². The molecular formula is C9H6FN2O2S-. The third-order valence-corrected chi connectivity index (χ3v) is 2.50. The average molecular weight is 225 g/mol. The van der Waals surface area contributed by atoms with Crippen molar-refractivity contribution in [1.82, 2.24) is 9.78 Å². The lowest BCUT2D eigenvalue weighted by Crippen LogP contribution is -1.99. The lowest BCUT2D eigenvalue weighted by Gasteiger charge is -2.07. The fraction of sp³-hybridized carbons (Fsp3) is 0. The molecule has 2 rings (SSSR count). The highest BCUT2D eigenvalue weighted by Gasteiger charge is 2.05. The first-order chi connectivity index (χ1) is 7.18. The van der Waals surface area contributed by atoms with Gasteiger partial charge in [0, 0.05) is 17.3 Å². The molecule has 0 spiro atoms. The molecule has 1 aromatic heterocycles. The summed E-state index contributed by atoms with van der Waals surface area (Å²) in [5, 5.41) is 3.84.